The molecule has 0 aromatic carbocycles. The van der Waals surface area contributed by atoms with Gasteiger partial charge in [0.25, 0.3) is 0 Å². The summed E-state index contributed by atoms with van der Waals surface area (Å²) in [6.07, 6.45) is 1.72. The molecule has 0 saturated carbocycles. The first kappa shape index (κ1) is 15.7. The number of carbonyl (C=O) groups excluding carboxylic acids is 1. The first-order chi connectivity index (χ1) is 7.60. The van der Waals surface area contributed by atoms with Crippen LogP contribution in [-0.2, 0) is 4.79 Å². The maximum atomic E-state index is 11.9. The van der Waals surface area contributed by atoms with Crippen molar-refractivity contribution in [2.45, 2.75) is 34.1 Å². The van der Waals surface area contributed by atoms with Crippen LogP contribution in [0.5, 0.6) is 0 Å². The Balaban J connectivity index is 0.00000256. The molecule has 5 heteroatoms. The van der Waals surface area contributed by atoms with E-state index in [1.165, 1.54) is 0 Å². The Hall–Kier alpha value is -1.26. The van der Waals surface area contributed by atoms with E-state index in [0.717, 1.165) is 12.8 Å². The van der Waals surface area contributed by atoms with Crippen LogP contribution >= 0.6 is 0 Å². The number of aliphatic carboxylic acids is 1. The van der Waals surface area contributed by atoms with Gasteiger partial charge in [-0.2, -0.15) is 0 Å². The van der Waals surface area contributed by atoms with Crippen molar-refractivity contribution < 1.29 is 14.7 Å². The lowest BCUT2D eigenvalue weighted by atomic mass is 10.1. The number of amides is 2. The third-order valence-electron chi connectivity index (χ3n) is 2.76. The molecule has 0 radical (unpaired) electrons. The molecule has 0 aliphatic carbocycles. The van der Waals surface area contributed by atoms with Gasteiger partial charge in [0.05, 0.1) is 5.92 Å². The summed E-state index contributed by atoms with van der Waals surface area (Å²) < 4.78 is 0. The number of urea groups is 1. The second-order valence-electron chi connectivity index (χ2n) is 4.21. The van der Waals surface area contributed by atoms with Gasteiger partial charge in [-0.3, -0.25) is 4.79 Å². The van der Waals surface area contributed by atoms with E-state index in [2.05, 4.69) is 0 Å². The van der Waals surface area contributed by atoms with Crippen molar-refractivity contribution >= 4 is 12.0 Å². The molecule has 0 bridgehead atoms. The van der Waals surface area contributed by atoms with Gasteiger partial charge in [0.15, 0.2) is 0 Å². The van der Waals surface area contributed by atoms with Crippen LogP contribution in [0.2, 0.25) is 0 Å². The van der Waals surface area contributed by atoms with Crippen molar-refractivity contribution in [3.8, 4) is 0 Å². The summed E-state index contributed by atoms with van der Waals surface area (Å²) in [6.45, 7) is 5.96. The molecule has 100 valence electrons. The summed E-state index contributed by atoms with van der Waals surface area (Å²) in [6, 6.07) is -0.0128. The van der Waals surface area contributed by atoms with E-state index >= 15 is 0 Å². The molecule has 1 aliphatic rings. The van der Waals surface area contributed by atoms with E-state index in [4.69, 9.17) is 5.11 Å². The minimum atomic E-state index is -0.810. The average molecular weight is 244 g/mol. The summed E-state index contributed by atoms with van der Waals surface area (Å²) in [7, 11) is 0. The molecule has 5 nitrogen and oxygen atoms in total. The first-order valence-corrected chi connectivity index (χ1v) is 5.86. The van der Waals surface area contributed by atoms with Crippen molar-refractivity contribution in [1.29, 1.82) is 0 Å². The fourth-order valence-electron chi connectivity index (χ4n) is 2.02. The zero-order valence-corrected chi connectivity index (χ0v) is 9.98. The van der Waals surface area contributed by atoms with Gasteiger partial charge in [-0.05, 0) is 12.8 Å². The number of carboxylic acids is 1. The molecule has 17 heavy (non-hydrogen) atoms. The molecule has 0 aromatic rings. The number of hydrogen-bond acceptors (Lipinski definition) is 2. The Bertz CT molecular complexity index is 250. The highest BCUT2D eigenvalue weighted by Crippen LogP contribution is 2.15. The van der Waals surface area contributed by atoms with Crippen LogP contribution in [0.4, 0.5) is 4.79 Å². The predicted octanol–water partition coefficient (Wildman–Crippen LogP) is 1.88. The normalized spacial score (nSPS) is 16.9. The van der Waals surface area contributed by atoms with Gasteiger partial charge >= 0.3 is 12.0 Å². The van der Waals surface area contributed by atoms with E-state index in [-0.39, 0.29) is 13.5 Å². The first-order valence-electron chi connectivity index (χ1n) is 5.86. The van der Waals surface area contributed by atoms with Crippen LogP contribution < -0.4 is 0 Å². The molecule has 1 heterocycles. The van der Waals surface area contributed by atoms with Gasteiger partial charge in [0, 0.05) is 26.2 Å². The lowest BCUT2D eigenvalue weighted by Crippen LogP contribution is -2.55. The van der Waals surface area contributed by atoms with Gasteiger partial charge in [0.1, 0.15) is 0 Å². The van der Waals surface area contributed by atoms with E-state index in [1.807, 2.05) is 13.8 Å². The zero-order chi connectivity index (χ0) is 12.1. The van der Waals surface area contributed by atoms with E-state index in [1.54, 1.807) is 9.80 Å². The van der Waals surface area contributed by atoms with Gasteiger partial charge in [-0.15, -0.1) is 0 Å². The predicted molar refractivity (Wildman–Crippen MR) is 67.0 cm³/mol. The molecule has 0 aromatic heterocycles. The summed E-state index contributed by atoms with van der Waals surface area (Å²) in [5.41, 5.74) is 0. The SMILES string of the molecule is C.CCCN1CC(C(=O)O)CN(CCC)C1=O. The van der Waals surface area contributed by atoms with Gasteiger partial charge < -0.3 is 14.9 Å². The van der Waals surface area contributed by atoms with Crippen molar-refractivity contribution in [3.63, 3.8) is 0 Å². The van der Waals surface area contributed by atoms with Crippen LogP contribution in [-0.4, -0.2) is 53.1 Å². The second-order valence-corrected chi connectivity index (χ2v) is 4.21. The molecule has 1 rings (SSSR count). The molecule has 0 unspecified atom stereocenters. The van der Waals surface area contributed by atoms with Gasteiger partial charge in [-0.25, -0.2) is 4.79 Å². The highest BCUT2D eigenvalue weighted by Gasteiger charge is 2.34. The number of hydrogen-bond donors (Lipinski definition) is 1. The van der Waals surface area contributed by atoms with Crippen LogP contribution in [0.3, 0.4) is 0 Å². The highest BCUT2D eigenvalue weighted by atomic mass is 16.4. The van der Waals surface area contributed by atoms with Crippen LogP contribution in [0, 0.1) is 5.92 Å². The number of nitrogens with zero attached hydrogens (tertiary/aromatic N) is 2. The largest absolute Gasteiger partial charge is 0.481 e. The minimum absolute atomic E-state index is 0. The molecule has 2 amide bonds. The van der Waals surface area contributed by atoms with Crippen molar-refractivity contribution in [2.75, 3.05) is 26.2 Å². The third kappa shape index (κ3) is 3.91. The molecule has 1 fully saturated rings. The monoisotopic (exact) mass is 244 g/mol. The molecule has 1 N–H and O–H groups in total. The molecule has 1 aliphatic heterocycles. The lowest BCUT2D eigenvalue weighted by Gasteiger charge is -2.38. The average Bonchev–Trinajstić information content (AvgIpc) is 2.24. The Labute approximate surface area is 103 Å². The molecule has 1 saturated heterocycles. The van der Waals surface area contributed by atoms with Crippen molar-refractivity contribution in [3.05, 3.63) is 0 Å². The Kier molecular flexibility index (Phi) is 6.61. The number of carbonyl (C=O) groups is 2. The van der Waals surface area contributed by atoms with E-state index < -0.39 is 11.9 Å². The lowest BCUT2D eigenvalue weighted by molar-refractivity contribution is -0.143. The van der Waals surface area contributed by atoms with E-state index in [0.29, 0.717) is 26.2 Å². The number of rotatable bonds is 5. The topological polar surface area (TPSA) is 60.9 Å². The Morgan fingerprint density at radius 3 is 1.94 bits per heavy atom. The minimum Gasteiger partial charge on any atom is -0.481 e. The van der Waals surface area contributed by atoms with Crippen LogP contribution in [0.15, 0.2) is 0 Å². The van der Waals surface area contributed by atoms with Gasteiger partial charge in [-0.1, -0.05) is 21.3 Å². The Morgan fingerprint density at radius 2 is 1.65 bits per heavy atom. The molecular weight excluding hydrogens is 220 g/mol. The quantitative estimate of drug-likeness (QED) is 0.803. The smallest absolute Gasteiger partial charge is 0.320 e. The summed E-state index contributed by atoms with van der Waals surface area (Å²) >= 11 is 0. The van der Waals surface area contributed by atoms with Crippen molar-refractivity contribution in [2.24, 2.45) is 5.92 Å². The van der Waals surface area contributed by atoms with Crippen molar-refractivity contribution in [1.82, 2.24) is 9.80 Å². The summed E-state index contributed by atoms with van der Waals surface area (Å²) in [5.74, 6) is -1.26. The highest BCUT2D eigenvalue weighted by molar-refractivity contribution is 5.79. The summed E-state index contributed by atoms with van der Waals surface area (Å²) in [5, 5.41) is 9.03. The molecular formula is C12H24N2O3. The zero-order valence-electron chi connectivity index (χ0n) is 9.98. The third-order valence-corrected chi connectivity index (χ3v) is 2.76. The number of carboxylic acid groups (broad SMARTS) is 1. The maximum absolute atomic E-state index is 11.9. The fraction of sp³-hybridized carbons (Fsp3) is 0.833. The Morgan fingerprint density at radius 1 is 1.24 bits per heavy atom. The van der Waals surface area contributed by atoms with E-state index in [9.17, 15) is 9.59 Å². The summed E-state index contributed by atoms with van der Waals surface area (Å²) in [4.78, 5) is 26.2. The molecule has 0 spiro atoms. The fourth-order valence-corrected chi connectivity index (χ4v) is 2.02. The maximum Gasteiger partial charge on any atom is 0.320 e. The second kappa shape index (κ2) is 7.14. The molecule has 0 atom stereocenters. The standard InChI is InChI=1S/C11H20N2O3.CH4/c1-3-5-12-7-9(10(14)15)8-13(6-4-2)11(12)16;/h9H,3-8H2,1-2H3,(H,14,15);1H4. The van der Waals surface area contributed by atoms with Crippen LogP contribution in [0.1, 0.15) is 34.1 Å². The van der Waals surface area contributed by atoms with Crippen LogP contribution in [0.25, 0.3) is 0 Å². The van der Waals surface area contributed by atoms with Gasteiger partial charge in [0.2, 0.25) is 0 Å².